The number of methoxy groups -OCH3 is 1. The van der Waals surface area contributed by atoms with Crippen LogP contribution in [-0.4, -0.2) is 13.2 Å². The van der Waals surface area contributed by atoms with Crippen molar-refractivity contribution in [2.45, 2.75) is 52.1 Å². The van der Waals surface area contributed by atoms with Crippen LogP contribution in [0.2, 0.25) is 5.02 Å². The highest BCUT2D eigenvalue weighted by atomic mass is 35.5. The van der Waals surface area contributed by atoms with Crippen molar-refractivity contribution in [3.8, 4) is 5.75 Å². The highest BCUT2D eigenvalue weighted by molar-refractivity contribution is 6.31. The van der Waals surface area contributed by atoms with E-state index in [1.54, 1.807) is 7.11 Å². The van der Waals surface area contributed by atoms with E-state index in [0.717, 1.165) is 29.3 Å². The summed E-state index contributed by atoms with van der Waals surface area (Å²) in [5.74, 6) is 0.861. The first-order valence-electron chi connectivity index (χ1n) is 6.77. The molecular formula is C15H24ClNO. The van der Waals surface area contributed by atoms with Gasteiger partial charge in [0.05, 0.1) is 7.11 Å². The second-order valence-electron chi connectivity index (χ2n) is 4.55. The average molecular weight is 270 g/mol. The van der Waals surface area contributed by atoms with Gasteiger partial charge in [0.25, 0.3) is 0 Å². The Hall–Kier alpha value is -0.730. The minimum absolute atomic E-state index is 0.561. The van der Waals surface area contributed by atoms with Gasteiger partial charge < -0.3 is 10.1 Å². The lowest BCUT2D eigenvalue weighted by atomic mass is 10.1. The highest BCUT2D eigenvalue weighted by Crippen LogP contribution is 2.26. The van der Waals surface area contributed by atoms with Gasteiger partial charge in [-0.15, -0.1) is 0 Å². The fraction of sp³-hybridized carbons (Fsp3) is 0.600. The number of rotatable bonds is 8. The highest BCUT2D eigenvalue weighted by Gasteiger charge is 2.10. The van der Waals surface area contributed by atoms with E-state index >= 15 is 0 Å². The monoisotopic (exact) mass is 269 g/mol. The summed E-state index contributed by atoms with van der Waals surface area (Å²) in [5.41, 5.74) is 1.05. The van der Waals surface area contributed by atoms with Gasteiger partial charge >= 0.3 is 0 Å². The van der Waals surface area contributed by atoms with Crippen molar-refractivity contribution in [2.24, 2.45) is 0 Å². The summed E-state index contributed by atoms with van der Waals surface area (Å²) in [7, 11) is 1.68. The molecule has 0 saturated heterocycles. The summed E-state index contributed by atoms with van der Waals surface area (Å²) in [6.45, 7) is 5.21. The predicted molar refractivity (Wildman–Crippen MR) is 78.4 cm³/mol. The van der Waals surface area contributed by atoms with Gasteiger partial charge in [0.15, 0.2) is 0 Å². The molecule has 3 heteroatoms. The Kier molecular flexibility index (Phi) is 7.14. The van der Waals surface area contributed by atoms with E-state index in [9.17, 15) is 0 Å². The lowest BCUT2D eigenvalue weighted by Crippen LogP contribution is -2.28. The maximum atomic E-state index is 6.22. The molecule has 0 aliphatic rings. The fourth-order valence-electron chi connectivity index (χ4n) is 2.05. The number of hydrogen-bond acceptors (Lipinski definition) is 2. The molecule has 1 unspecified atom stereocenters. The summed E-state index contributed by atoms with van der Waals surface area (Å²) in [6.07, 6.45) is 4.88. The van der Waals surface area contributed by atoms with Crippen LogP contribution in [0.15, 0.2) is 18.2 Å². The number of hydrogen-bond donors (Lipinski definition) is 1. The third kappa shape index (κ3) is 4.51. The first kappa shape index (κ1) is 15.3. The molecule has 18 heavy (non-hydrogen) atoms. The first-order chi connectivity index (χ1) is 8.72. The van der Waals surface area contributed by atoms with Crippen molar-refractivity contribution in [2.75, 3.05) is 7.11 Å². The van der Waals surface area contributed by atoms with E-state index in [-0.39, 0.29) is 0 Å². The molecule has 1 aromatic rings. The van der Waals surface area contributed by atoms with Crippen molar-refractivity contribution in [3.63, 3.8) is 0 Å². The van der Waals surface area contributed by atoms with Crippen LogP contribution in [0.3, 0.4) is 0 Å². The van der Waals surface area contributed by atoms with Gasteiger partial charge in [-0.3, -0.25) is 0 Å². The smallest absolute Gasteiger partial charge is 0.124 e. The summed E-state index contributed by atoms with van der Waals surface area (Å²) >= 11 is 6.22. The number of benzene rings is 1. The quantitative estimate of drug-likeness (QED) is 0.755. The van der Waals surface area contributed by atoms with Crippen LogP contribution in [-0.2, 0) is 6.54 Å². The van der Waals surface area contributed by atoms with Gasteiger partial charge in [0.2, 0.25) is 0 Å². The normalized spacial score (nSPS) is 12.4. The molecule has 1 aromatic carbocycles. The van der Waals surface area contributed by atoms with Crippen molar-refractivity contribution < 1.29 is 4.74 Å². The Morgan fingerprint density at radius 1 is 1.33 bits per heavy atom. The molecule has 102 valence electrons. The summed E-state index contributed by atoms with van der Waals surface area (Å²) in [4.78, 5) is 0. The van der Waals surface area contributed by atoms with Crippen LogP contribution in [0.1, 0.15) is 45.1 Å². The SMILES string of the molecule is CCCCC(CC)NCc1c(Cl)cccc1OC. The fourth-order valence-corrected chi connectivity index (χ4v) is 2.28. The molecule has 0 aliphatic carbocycles. The van der Waals surface area contributed by atoms with Gasteiger partial charge in [-0.05, 0) is 25.0 Å². The summed E-state index contributed by atoms with van der Waals surface area (Å²) in [6, 6.07) is 6.34. The molecule has 0 bridgehead atoms. The van der Waals surface area contributed by atoms with E-state index in [1.807, 2.05) is 18.2 Å². The number of halogens is 1. The number of nitrogens with one attached hydrogen (secondary N) is 1. The van der Waals surface area contributed by atoms with Crippen LogP contribution in [0.5, 0.6) is 5.75 Å². The van der Waals surface area contributed by atoms with Gasteiger partial charge in [-0.1, -0.05) is 44.4 Å². The zero-order valence-corrected chi connectivity index (χ0v) is 12.4. The topological polar surface area (TPSA) is 21.3 Å². The zero-order chi connectivity index (χ0) is 13.4. The molecule has 0 aromatic heterocycles. The molecule has 0 amide bonds. The largest absolute Gasteiger partial charge is 0.496 e. The molecule has 0 heterocycles. The third-order valence-corrected chi connectivity index (χ3v) is 3.62. The van der Waals surface area contributed by atoms with E-state index in [0.29, 0.717) is 6.04 Å². The molecule has 1 N–H and O–H groups in total. The van der Waals surface area contributed by atoms with Gasteiger partial charge in [-0.2, -0.15) is 0 Å². The van der Waals surface area contributed by atoms with Crippen molar-refractivity contribution in [3.05, 3.63) is 28.8 Å². The van der Waals surface area contributed by atoms with Crippen LogP contribution >= 0.6 is 11.6 Å². The number of ether oxygens (including phenoxy) is 1. The predicted octanol–water partition coefficient (Wildman–Crippen LogP) is 4.41. The van der Waals surface area contributed by atoms with Crippen molar-refractivity contribution in [1.82, 2.24) is 5.32 Å². The standard InChI is InChI=1S/C15H24ClNO/c1-4-6-8-12(5-2)17-11-13-14(16)9-7-10-15(13)18-3/h7,9-10,12,17H,4-6,8,11H2,1-3H3. The lowest BCUT2D eigenvalue weighted by molar-refractivity contribution is 0.400. The molecular weight excluding hydrogens is 246 g/mol. The third-order valence-electron chi connectivity index (χ3n) is 3.26. The molecule has 1 atom stereocenters. The Bertz CT molecular complexity index is 354. The van der Waals surface area contributed by atoms with E-state index in [1.165, 1.54) is 19.3 Å². The van der Waals surface area contributed by atoms with E-state index in [2.05, 4.69) is 19.2 Å². The minimum Gasteiger partial charge on any atom is -0.496 e. The molecule has 0 radical (unpaired) electrons. The molecule has 0 fully saturated rings. The summed E-state index contributed by atoms with van der Waals surface area (Å²) < 4.78 is 5.35. The van der Waals surface area contributed by atoms with Crippen LogP contribution < -0.4 is 10.1 Å². The molecule has 0 spiro atoms. The van der Waals surface area contributed by atoms with Crippen LogP contribution in [0.25, 0.3) is 0 Å². The second-order valence-corrected chi connectivity index (χ2v) is 4.96. The Balaban J connectivity index is 2.61. The Morgan fingerprint density at radius 2 is 2.11 bits per heavy atom. The molecule has 0 saturated carbocycles. The van der Waals surface area contributed by atoms with Crippen LogP contribution in [0, 0.1) is 0 Å². The van der Waals surface area contributed by atoms with E-state index < -0.39 is 0 Å². The van der Waals surface area contributed by atoms with Crippen LogP contribution in [0.4, 0.5) is 0 Å². The van der Waals surface area contributed by atoms with Gasteiger partial charge in [0.1, 0.15) is 5.75 Å². The van der Waals surface area contributed by atoms with Crippen molar-refractivity contribution >= 4 is 11.6 Å². The summed E-state index contributed by atoms with van der Waals surface area (Å²) in [5, 5.41) is 4.34. The average Bonchev–Trinajstić information content (AvgIpc) is 2.40. The molecule has 1 rings (SSSR count). The minimum atomic E-state index is 0.561. The lowest BCUT2D eigenvalue weighted by Gasteiger charge is -2.18. The van der Waals surface area contributed by atoms with Gasteiger partial charge in [0, 0.05) is 23.2 Å². The molecule has 2 nitrogen and oxygen atoms in total. The van der Waals surface area contributed by atoms with Crippen molar-refractivity contribution in [1.29, 1.82) is 0 Å². The maximum Gasteiger partial charge on any atom is 0.124 e. The number of unbranched alkanes of at least 4 members (excludes halogenated alkanes) is 1. The maximum absolute atomic E-state index is 6.22. The first-order valence-corrected chi connectivity index (χ1v) is 7.15. The Morgan fingerprint density at radius 3 is 2.72 bits per heavy atom. The molecule has 0 aliphatic heterocycles. The second kappa shape index (κ2) is 8.39. The Labute approximate surface area is 116 Å². The van der Waals surface area contributed by atoms with E-state index in [4.69, 9.17) is 16.3 Å². The van der Waals surface area contributed by atoms with Gasteiger partial charge in [-0.25, -0.2) is 0 Å². The zero-order valence-electron chi connectivity index (χ0n) is 11.6.